The summed E-state index contributed by atoms with van der Waals surface area (Å²) < 4.78 is 39.4. The molecule has 4 aromatic rings. The molecular weight excluding hydrogens is 404 g/mol. The maximum absolute atomic E-state index is 13.6. The first-order valence-corrected chi connectivity index (χ1v) is 10.7. The van der Waals surface area contributed by atoms with Crippen LogP contribution in [0.3, 0.4) is 0 Å². The van der Waals surface area contributed by atoms with E-state index in [9.17, 15) is 8.42 Å². The van der Waals surface area contributed by atoms with E-state index in [0.29, 0.717) is 34.5 Å². The molecule has 0 saturated heterocycles. The lowest BCUT2D eigenvalue weighted by Gasteiger charge is -2.12. The van der Waals surface area contributed by atoms with Crippen molar-refractivity contribution >= 4 is 20.9 Å². The van der Waals surface area contributed by atoms with Crippen molar-refractivity contribution in [2.75, 3.05) is 13.7 Å². The highest BCUT2D eigenvalue weighted by molar-refractivity contribution is 7.90. The van der Waals surface area contributed by atoms with Gasteiger partial charge in [0.05, 0.1) is 29.3 Å². The van der Waals surface area contributed by atoms with E-state index in [1.54, 1.807) is 42.5 Å². The van der Waals surface area contributed by atoms with Crippen molar-refractivity contribution in [2.24, 2.45) is 5.73 Å². The van der Waals surface area contributed by atoms with Gasteiger partial charge in [-0.15, -0.1) is 0 Å². The lowest BCUT2D eigenvalue weighted by molar-refractivity contribution is 0.336. The minimum Gasteiger partial charge on any atom is -0.491 e. The summed E-state index contributed by atoms with van der Waals surface area (Å²) in [4.78, 5) is 8.44. The summed E-state index contributed by atoms with van der Waals surface area (Å²) in [6.45, 7) is 0.353. The molecule has 1 aliphatic heterocycles. The van der Waals surface area contributed by atoms with Gasteiger partial charge in [-0.2, -0.15) is 0 Å². The van der Waals surface area contributed by atoms with Crippen LogP contribution in [0, 0.1) is 0 Å². The second kappa shape index (κ2) is 6.82. The van der Waals surface area contributed by atoms with Gasteiger partial charge in [0.1, 0.15) is 12.4 Å². The van der Waals surface area contributed by atoms with Crippen LogP contribution in [0.2, 0.25) is 0 Å². The zero-order chi connectivity index (χ0) is 20.9. The SMILES string of the molecule is COc1ncc(-c2cc3c4c(ccc3n2S(=O)(=O)c2ccccc2)C(N)CO4)cn1. The predicted molar refractivity (Wildman–Crippen MR) is 111 cm³/mol. The Hall–Kier alpha value is -3.43. The maximum atomic E-state index is 13.6. The summed E-state index contributed by atoms with van der Waals surface area (Å²) in [6.07, 6.45) is 3.06. The molecule has 0 fully saturated rings. The average molecular weight is 422 g/mol. The summed E-state index contributed by atoms with van der Waals surface area (Å²) in [6, 6.07) is 13.6. The van der Waals surface area contributed by atoms with Gasteiger partial charge < -0.3 is 15.2 Å². The van der Waals surface area contributed by atoms with Crippen molar-refractivity contribution in [3.05, 3.63) is 66.5 Å². The van der Waals surface area contributed by atoms with Crippen LogP contribution in [0.5, 0.6) is 11.8 Å². The number of aromatic nitrogens is 3. The number of nitrogens with two attached hydrogens (primary N) is 1. The van der Waals surface area contributed by atoms with Crippen LogP contribution >= 0.6 is 0 Å². The first kappa shape index (κ1) is 18.6. The Morgan fingerprint density at radius 1 is 1.13 bits per heavy atom. The van der Waals surface area contributed by atoms with E-state index < -0.39 is 10.0 Å². The van der Waals surface area contributed by atoms with Crippen molar-refractivity contribution in [1.29, 1.82) is 0 Å². The van der Waals surface area contributed by atoms with E-state index in [2.05, 4.69) is 9.97 Å². The van der Waals surface area contributed by atoms with E-state index in [1.165, 1.54) is 23.5 Å². The molecule has 0 radical (unpaired) electrons. The van der Waals surface area contributed by atoms with Crippen LogP contribution in [-0.2, 0) is 10.0 Å². The molecule has 2 N–H and O–H groups in total. The molecule has 0 spiro atoms. The first-order valence-electron chi connectivity index (χ1n) is 9.24. The van der Waals surface area contributed by atoms with Crippen LogP contribution in [0.4, 0.5) is 0 Å². The molecule has 8 nitrogen and oxygen atoms in total. The van der Waals surface area contributed by atoms with Crippen LogP contribution < -0.4 is 15.2 Å². The third-order valence-electron chi connectivity index (χ3n) is 5.12. The van der Waals surface area contributed by atoms with Crippen molar-refractivity contribution in [2.45, 2.75) is 10.9 Å². The third-order valence-corrected chi connectivity index (χ3v) is 6.86. The van der Waals surface area contributed by atoms with Gasteiger partial charge in [-0.3, -0.25) is 0 Å². The molecule has 9 heteroatoms. The molecule has 1 unspecified atom stereocenters. The Morgan fingerprint density at radius 3 is 2.57 bits per heavy atom. The van der Waals surface area contributed by atoms with Gasteiger partial charge in [0.15, 0.2) is 0 Å². The highest BCUT2D eigenvalue weighted by Gasteiger charge is 2.29. The molecule has 1 aliphatic rings. The van der Waals surface area contributed by atoms with Gasteiger partial charge in [-0.05, 0) is 24.3 Å². The highest BCUT2D eigenvalue weighted by atomic mass is 32.2. The topological polar surface area (TPSA) is 109 Å². The minimum atomic E-state index is -3.90. The molecule has 2 aromatic heterocycles. The third kappa shape index (κ3) is 2.74. The monoisotopic (exact) mass is 422 g/mol. The number of rotatable bonds is 4. The molecule has 1 atom stereocenters. The molecule has 0 aliphatic carbocycles. The van der Waals surface area contributed by atoms with Gasteiger partial charge in [0, 0.05) is 28.9 Å². The number of benzene rings is 2. The van der Waals surface area contributed by atoms with E-state index >= 15 is 0 Å². The smallest absolute Gasteiger partial charge is 0.316 e. The van der Waals surface area contributed by atoms with E-state index in [4.69, 9.17) is 15.2 Å². The van der Waals surface area contributed by atoms with Crippen LogP contribution in [0.25, 0.3) is 22.2 Å². The second-order valence-corrected chi connectivity index (χ2v) is 8.69. The maximum Gasteiger partial charge on any atom is 0.316 e. The fraction of sp³-hybridized carbons (Fsp3) is 0.143. The van der Waals surface area contributed by atoms with E-state index in [0.717, 1.165) is 5.56 Å². The van der Waals surface area contributed by atoms with Crippen molar-refractivity contribution in [3.8, 4) is 23.0 Å². The standard InChI is InChI=1S/C21H18N4O4S/c1-28-21-23-10-13(11-24-21)19-9-16-18(8-7-15-17(22)12-29-20(15)16)25(19)30(26,27)14-5-3-2-4-6-14/h2-11,17H,12,22H2,1H3. The Bertz CT molecular complexity index is 1350. The highest BCUT2D eigenvalue weighted by Crippen LogP contribution is 2.42. The van der Waals surface area contributed by atoms with Gasteiger partial charge in [0.25, 0.3) is 10.0 Å². The van der Waals surface area contributed by atoms with Gasteiger partial charge >= 0.3 is 6.01 Å². The molecule has 0 saturated carbocycles. The molecule has 0 amide bonds. The van der Waals surface area contributed by atoms with Gasteiger partial charge in [0.2, 0.25) is 0 Å². The number of hydrogen-bond acceptors (Lipinski definition) is 7. The summed E-state index contributed by atoms with van der Waals surface area (Å²) in [7, 11) is -2.44. The van der Waals surface area contributed by atoms with Crippen LogP contribution in [-0.4, -0.2) is 36.1 Å². The molecule has 152 valence electrons. The Kier molecular flexibility index (Phi) is 4.23. The summed E-state index contributed by atoms with van der Waals surface area (Å²) >= 11 is 0. The van der Waals surface area contributed by atoms with Gasteiger partial charge in [-0.1, -0.05) is 24.3 Å². The molecule has 30 heavy (non-hydrogen) atoms. The quantitative estimate of drug-likeness (QED) is 0.538. The normalized spacial score (nSPS) is 15.7. The first-order chi connectivity index (χ1) is 14.5. The summed E-state index contributed by atoms with van der Waals surface area (Å²) in [5.74, 6) is 0.609. The number of ether oxygens (including phenoxy) is 2. The summed E-state index contributed by atoms with van der Waals surface area (Å²) in [5.41, 5.74) is 8.43. The minimum absolute atomic E-state index is 0.177. The molecular formula is C21H18N4O4S. The largest absolute Gasteiger partial charge is 0.491 e. The number of fused-ring (bicyclic) bond motifs is 3. The number of methoxy groups -OCH3 is 1. The Morgan fingerprint density at radius 2 is 1.87 bits per heavy atom. The lowest BCUT2D eigenvalue weighted by atomic mass is 10.1. The van der Waals surface area contributed by atoms with Crippen LogP contribution in [0.15, 0.2) is 65.8 Å². The molecule has 5 rings (SSSR count). The van der Waals surface area contributed by atoms with Crippen LogP contribution in [0.1, 0.15) is 11.6 Å². The fourth-order valence-electron chi connectivity index (χ4n) is 3.67. The Balaban J connectivity index is 1.83. The fourth-order valence-corrected chi connectivity index (χ4v) is 5.22. The number of hydrogen-bond donors (Lipinski definition) is 1. The van der Waals surface area contributed by atoms with Crippen molar-refractivity contribution in [1.82, 2.24) is 13.9 Å². The lowest BCUT2D eigenvalue weighted by Crippen LogP contribution is -2.14. The van der Waals surface area contributed by atoms with Gasteiger partial charge in [-0.25, -0.2) is 22.4 Å². The molecule has 0 bridgehead atoms. The zero-order valence-corrected chi connectivity index (χ0v) is 16.8. The van der Waals surface area contributed by atoms with E-state index in [1.807, 2.05) is 6.07 Å². The van der Waals surface area contributed by atoms with E-state index in [-0.39, 0.29) is 16.9 Å². The molecule has 3 heterocycles. The Labute approximate surface area is 173 Å². The van der Waals surface area contributed by atoms with Crippen molar-refractivity contribution < 1.29 is 17.9 Å². The predicted octanol–water partition coefficient (Wildman–Crippen LogP) is 2.74. The molecule has 2 aromatic carbocycles. The zero-order valence-electron chi connectivity index (χ0n) is 16.0. The average Bonchev–Trinajstić information content (AvgIpc) is 3.35. The van der Waals surface area contributed by atoms with Crippen molar-refractivity contribution in [3.63, 3.8) is 0 Å². The second-order valence-electron chi connectivity index (χ2n) is 6.90. The number of nitrogens with zero attached hydrogens (tertiary/aromatic N) is 3. The summed E-state index contributed by atoms with van der Waals surface area (Å²) in [5, 5.41) is 0.672.